The highest BCUT2D eigenvalue weighted by Crippen LogP contribution is 2.08. The number of carbonyl (C=O) groups is 1. The minimum Gasteiger partial charge on any atom is -0.466 e. The number of ether oxygens (including phenoxy) is 1. The van der Waals surface area contributed by atoms with E-state index in [1.807, 2.05) is 31.2 Å². The molecule has 86 valence electrons. The van der Waals surface area contributed by atoms with Gasteiger partial charge in [-0.05, 0) is 24.8 Å². The van der Waals surface area contributed by atoms with Gasteiger partial charge in [-0.2, -0.15) is 0 Å². The predicted octanol–water partition coefficient (Wildman–Crippen LogP) is 3.13. The van der Waals surface area contributed by atoms with Crippen LogP contribution in [0.2, 0.25) is 0 Å². The minimum absolute atomic E-state index is 0.212. The molecule has 2 heteroatoms. The smallest absolute Gasteiger partial charge is 0.333 e. The van der Waals surface area contributed by atoms with E-state index in [1.165, 1.54) is 12.7 Å². The zero-order valence-electron chi connectivity index (χ0n) is 9.90. The van der Waals surface area contributed by atoms with Crippen molar-refractivity contribution >= 4 is 5.97 Å². The Hall–Kier alpha value is -1.57. The second-order valence-corrected chi connectivity index (χ2v) is 3.60. The van der Waals surface area contributed by atoms with Gasteiger partial charge in [0.05, 0.1) is 7.11 Å². The normalized spacial score (nSPS) is 11.2. The quantitative estimate of drug-likeness (QED) is 0.560. The molecule has 1 aromatic carbocycles. The fourth-order valence-corrected chi connectivity index (χ4v) is 1.56. The third-order valence-electron chi connectivity index (χ3n) is 2.50. The Labute approximate surface area is 96.9 Å². The van der Waals surface area contributed by atoms with Crippen molar-refractivity contribution in [1.29, 1.82) is 0 Å². The molecule has 0 aromatic heterocycles. The van der Waals surface area contributed by atoms with Gasteiger partial charge in [0, 0.05) is 5.57 Å². The lowest BCUT2D eigenvalue weighted by Gasteiger charge is -2.02. The standard InChI is InChI=1S/C14H18O2/c1-3-13(14(15)16-2)11-7-10-12-8-5-4-6-9-12/h4-6,8-9,11H,3,7,10H2,1-2H3/b13-11+. The fourth-order valence-electron chi connectivity index (χ4n) is 1.56. The SMILES string of the molecule is CC/C(=C\CCc1ccccc1)C(=O)OC. The largest absolute Gasteiger partial charge is 0.466 e. The molecule has 0 aliphatic carbocycles. The van der Waals surface area contributed by atoms with Crippen molar-refractivity contribution < 1.29 is 9.53 Å². The molecular weight excluding hydrogens is 200 g/mol. The summed E-state index contributed by atoms with van der Waals surface area (Å²) in [7, 11) is 1.42. The molecule has 0 fully saturated rings. The van der Waals surface area contributed by atoms with Crippen LogP contribution in [-0.2, 0) is 16.0 Å². The van der Waals surface area contributed by atoms with Crippen LogP contribution in [0.15, 0.2) is 42.0 Å². The van der Waals surface area contributed by atoms with Crippen LogP contribution in [0.5, 0.6) is 0 Å². The Morgan fingerprint density at radius 1 is 1.31 bits per heavy atom. The molecule has 0 bridgehead atoms. The maximum atomic E-state index is 11.3. The summed E-state index contributed by atoms with van der Waals surface area (Å²) in [5.41, 5.74) is 2.05. The number of aryl methyl sites for hydroxylation is 1. The van der Waals surface area contributed by atoms with Gasteiger partial charge in [0.2, 0.25) is 0 Å². The first kappa shape index (κ1) is 12.5. The van der Waals surface area contributed by atoms with Crippen LogP contribution < -0.4 is 0 Å². The van der Waals surface area contributed by atoms with Crippen molar-refractivity contribution in [2.45, 2.75) is 26.2 Å². The summed E-state index contributed by atoms with van der Waals surface area (Å²) in [5.74, 6) is -0.212. The summed E-state index contributed by atoms with van der Waals surface area (Å²) in [6, 6.07) is 10.3. The van der Waals surface area contributed by atoms with Gasteiger partial charge >= 0.3 is 5.97 Å². The van der Waals surface area contributed by atoms with Crippen LogP contribution in [-0.4, -0.2) is 13.1 Å². The van der Waals surface area contributed by atoms with Gasteiger partial charge in [-0.3, -0.25) is 0 Å². The monoisotopic (exact) mass is 218 g/mol. The third-order valence-corrected chi connectivity index (χ3v) is 2.50. The van der Waals surface area contributed by atoms with Gasteiger partial charge in [0.15, 0.2) is 0 Å². The van der Waals surface area contributed by atoms with E-state index in [0.717, 1.165) is 24.8 Å². The molecule has 2 nitrogen and oxygen atoms in total. The van der Waals surface area contributed by atoms with E-state index < -0.39 is 0 Å². The Morgan fingerprint density at radius 2 is 2.00 bits per heavy atom. The Kier molecular flexibility index (Phi) is 5.34. The second-order valence-electron chi connectivity index (χ2n) is 3.60. The number of carbonyl (C=O) groups excluding carboxylic acids is 1. The lowest BCUT2D eigenvalue weighted by atomic mass is 10.1. The maximum absolute atomic E-state index is 11.3. The van der Waals surface area contributed by atoms with Crippen molar-refractivity contribution in [3.63, 3.8) is 0 Å². The summed E-state index contributed by atoms with van der Waals surface area (Å²) in [6.07, 6.45) is 4.53. The van der Waals surface area contributed by atoms with Crippen LogP contribution >= 0.6 is 0 Å². The molecule has 0 unspecified atom stereocenters. The summed E-state index contributed by atoms with van der Waals surface area (Å²) >= 11 is 0. The van der Waals surface area contributed by atoms with E-state index >= 15 is 0 Å². The number of allylic oxidation sites excluding steroid dienone is 1. The number of esters is 1. The molecule has 0 heterocycles. The predicted molar refractivity (Wildman–Crippen MR) is 65.2 cm³/mol. The average molecular weight is 218 g/mol. The summed E-state index contributed by atoms with van der Waals surface area (Å²) in [5, 5.41) is 0. The second kappa shape index (κ2) is 6.83. The van der Waals surface area contributed by atoms with Crippen molar-refractivity contribution in [3.8, 4) is 0 Å². The number of rotatable bonds is 5. The molecule has 0 amide bonds. The zero-order valence-corrected chi connectivity index (χ0v) is 9.90. The van der Waals surface area contributed by atoms with E-state index in [4.69, 9.17) is 4.74 Å². The third kappa shape index (κ3) is 3.89. The summed E-state index contributed by atoms with van der Waals surface area (Å²) in [6.45, 7) is 1.96. The van der Waals surface area contributed by atoms with Crippen molar-refractivity contribution in [3.05, 3.63) is 47.5 Å². The van der Waals surface area contributed by atoms with Gasteiger partial charge < -0.3 is 4.74 Å². The van der Waals surface area contributed by atoms with E-state index in [1.54, 1.807) is 0 Å². The van der Waals surface area contributed by atoms with Crippen LogP contribution in [0.4, 0.5) is 0 Å². The van der Waals surface area contributed by atoms with Crippen molar-refractivity contribution in [1.82, 2.24) is 0 Å². The molecule has 0 radical (unpaired) electrons. The molecule has 16 heavy (non-hydrogen) atoms. The average Bonchev–Trinajstić information content (AvgIpc) is 2.35. The minimum atomic E-state index is -0.212. The number of hydrogen-bond acceptors (Lipinski definition) is 2. The van der Waals surface area contributed by atoms with E-state index in [9.17, 15) is 4.79 Å². The Bertz CT molecular complexity index is 352. The van der Waals surface area contributed by atoms with Gasteiger partial charge in [0.1, 0.15) is 0 Å². The van der Waals surface area contributed by atoms with Gasteiger partial charge in [0.25, 0.3) is 0 Å². The lowest BCUT2D eigenvalue weighted by Crippen LogP contribution is -2.03. The zero-order chi connectivity index (χ0) is 11.8. The van der Waals surface area contributed by atoms with Crippen LogP contribution in [0, 0.1) is 0 Å². The first-order valence-electron chi connectivity index (χ1n) is 5.59. The highest BCUT2D eigenvalue weighted by atomic mass is 16.5. The van der Waals surface area contributed by atoms with Gasteiger partial charge in [-0.25, -0.2) is 4.79 Å². The van der Waals surface area contributed by atoms with Crippen molar-refractivity contribution in [2.24, 2.45) is 0 Å². The highest BCUT2D eigenvalue weighted by molar-refractivity contribution is 5.88. The first-order chi connectivity index (χ1) is 7.77. The van der Waals surface area contributed by atoms with E-state index in [2.05, 4.69) is 12.1 Å². The van der Waals surface area contributed by atoms with Gasteiger partial charge in [-0.1, -0.05) is 43.3 Å². The number of hydrogen-bond donors (Lipinski definition) is 0. The topological polar surface area (TPSA) is 26.3 Å². The maximum Gasteiger partial charge on any atom is 0.333 e. The molecule has 1 aromatic rings. The summed E-state index contributed by atoms with van der Waals surface area (Å²) in [4.78, 5) is 11.3. The molecule has 0 spiro atoms. The molecule has 0 N–H and O–H groups in total. The van der Waals surface area contributed by atoms with Crippen LogP contribution in [0.1, 0.15) is 25.3 Å². The van der Waals surface area contributed by atoms with E-state index in [0.29, 0.717) is 0 Å². The first-order valence-corrected chi connectivity index (χ1v) is 5.59. The lowest BCUT2D eigenvalue weighted by molar-refractivity contribution is -0.136. The molecule has 0 atom stereocenters. The Balaban J connectivity index is 2.49. The van der Waals surface area contributed by atoms with Crippen LogP contribution in [0.3, 0.4) is 0 Å². The molecule has 0 saturated carbocycles. The highest BCUT2D eigenvalue weighted by Gasteiger charge is 2.05. The molecular formula is C14H18O2. The van der Waals surface area contributed by atoms with Gasteiger partial charge in [-0.15, -0.1) is 0 Å². The fraction of sp³-hybridized carbons (Fsp3) is 0.357. The molecule has 0 aliphatic rings. The van der Waals surface area contributed by atoms with Crippen LogP contribution in [0.25, 0.3) is 0 Å². The Morgan fingerprint density at radius 3 is 2.56 bits per heavy atom. The molecule has 1 rings (SSSR count). The number of methoxy groups -OCH3 is 1. The summed E-state index contributed by atoms with van der Waals surface area (Å²) < 4.78 is 4.70. The number of benzene rings is 1. The van der Waals surface area contributed by atoms with Crippen molar-refractivity contribution in [2.75, 3.05) is 7.11 Å². The molecule has 0 saturated heterocycles. The molecule has 0 aliphatic heterocycles. The van der Waals surface area contributed by atoms with E-state index in [-0.39, 0.29) is 5.97 Å².